The summed E-state index contributed by atoms with van der Waals surface area (Å²) in [5.41, 5.74) is 4.23. The molecule has 162 valence electrons. The van der Waals surface area contributed by atoms with Crippen molar-refractivity contribution in [3.63, 3.8) is 0 Å². The van der Waals surface area contributed by atoms with Crippen LogP contribution in [0.15, 0.2) is 24.3 Å². The molecule has 2 aromatic heterocycles. The van der Waals surface area contributed by atoms with E-state index in [1.54, 1.807) is 22.9 Å². The number of carbonyl (C=O) groups is 1. The Balaban J connectivity index is 1.61. The van der Waals surface area contributed by atoms with Crippen LogP contribution < -0.4 is 5.32 Å². The molecule has 7 nitrogen and oxygen atoms in total. The molecular weight excluding hydrogens is 436 g/mol. The zero-order chi connectivity index (χ0) is 21.9. The van der Waals surface area contributed by atoms with E-state index in [-0.39, 0.29) is 23.5 Å². The first-order valence-corrected chi connectivity index (χ1v) is 12.6. The van der Waals surface area contributed by atoms with Crippen LogP contribution in [0.3, 0.4) is 0 Å². The van der Waals surface area contributed by atoms with Crippen LogP contribution in [0.4, 0.5) is 5.69 Å². The quantitative estimate of drug-likeness (QED) is 0.632. The van der Waals surface area contributed by atoms with Gasteiger partial charge in [0.15, 0.2) is 15.5 Å². The number of nitrogens with one attached hydrogen (secondary N) is 1. The van der Waals surface area contributed by atoms with E-state index in [1.165, 1.54) is 0 Å². The Morgan fingerprint density at radius 1 is 1.19 bits per heavy atom. The Labute approximate surface area is 185 Å². The van der Waals surface area contributed by atoms with E-state index in [2.05, 4.69) is 10.4 Å². The second-order valence-corrected chi connectivity index (χ2v) is 11.2. The van der Waals surface area contributed by atoms with Gasteiger partial charge in [0.2, 0.25) is 0 Å². The monoisotopic (exact) mass is 458 g/mol. The van der Waals surface area contributed by atoms with E-state index in [4.69, 9.17) is 16.6 Å². The van der Waals surface area contributed by atoms with Crippen molar-refractivity contribution < 1.29 is 13.2 Å². The highest BCUT2D eigenvalue weighted by atomic mass is 35.5. The van der Waals surface area contributed by atoms with Gasteiger partial charge in [-0.3, -0.25) is 4.79 Å². The van der Waals surface area contributed by atoms with Gasteiger partial charge in [-0.15, -0.1) is 0 Å². The van der Waals surface area contributed by atoms with Crippen molar-refractivity contribution in [2.24, 2.45) is 0 Å². The van der Waals surface area contributed by atoms with Gasteiger partial charge in [0.1, 0.15) is 0 Å². The van der Waals surface area contributed by atoms with Gasteiger partial charge in [0, 0.05) is 22.3 Å². The largest absolute Gasteiger partial charge is 0.322 e. The number of halogens is 1. The molecule has 3 aromatic rings. The van der Waals surface area contributed by atoms with E-state index >= 15 is 0 Å². The minimum absolute atomic E-state index is 0.0596. The molecule has 1 aromatic carbocycles. The summed E-state index contributed by atoms with van der Waals surface area (Å²) in [6.07, 6.45) is 2.60. The van der Waals surface area contributed by atoms with Crippen molar-refractivity contribution in [3.05, 3.63) is 51.8 Å². The highest BCUT2D eigenvalue weighted by Gasteiger charge is 2.34. The van der Waals surface area contributed by atoms with Gasteiger partial charge in [0.05, 0.1) is 34.2 Å². The number of amides is 1. The third-order valence-electron chi connectivity index (χ3n) is 6.09. The zero-order valence-electron chi connectivity index (χ0n) is 17.4. The summed E-state index contributed by atoms with van der Waals surface area (Å²) in [6, 6.07) is 6.95. The molecule has 2 aliphatic rings. The van der Waals surface area contributed by atoms with Crippen LogP contribution in [0.1, 0.15) is 58.5 Å². The van der Waals surface area contributed by atoms with Crippen LogP contribution in [-0.2, 0) is 9.84 Å². The first-order valence-electron chi connectivity index (χ1n) is 10.4. The van der Waals surface area contributed by atoms with Crippen LogP contribution in [0.25, 0.3) is 11.0 Å². The molecule has 0 bridgehead atoms. The Kier molecular flexibility index (Phi) is 4.82. The van der Waals surface area contributed by atoms with Gasteiger partial charge in [-0.2, -0.15) is 5.10 Å². The van der Waals surface area contributed by atoms with E-state index in [1.807, 2.05) is 19.9 Å². The fourth-order valence-corrected chi connectivity index (χ4v) is 6.20. The van der Waals surface area contributed by atoms with Crippen molar-refractivity contribution in [3.8, 4) is 0 Å². The number of hydrogen-bond acceptors (Lipinski definition) is 5. The highest BCUT2D eigenvalue weighted by Crippen LogP contribution is 2.41. The molecule has 1 aliphatic heterocycles. The summed E-state index contributed by atoms with van der Waals surface area (Å²) in [4.78, 5) is 18.2. The molecule has 1 saturated heterocycles. The van der Waals surface area contributed by atoms with E-state index in [0.29, 0.717) is 45.3 Å². The molecule has 2 fully saturated rings. The van der Waals surface area contributed by atoms with Crippen LogP contribution in [-0.4, -0.2) is 40.6 Å². The number of nitrogens with zero attached hydrogens (tertiary/aromatic N) is 3. The molecule has 1 N–H and O–H groups in total. The zero-order valence-corrected chi connectivity index (χ0v) is 18.9. The van der Waals surface area contributed by atoms with Gasteiger partial charge in [-0.05, 0) is 62.9 Å². The van der Waals surface area contributed by atoms with Crippen LogP contribution in [0.5, 0.6) is 0 Å². The molecule has 5 rings (SSSR count). The summed E-state index contributed by atoms with van der Waals surface area (Å²) < 4.78 is 25.8. The Morgan fingerprint density at radius 3 is 2.61 bits per heavy atom. The minimum atomic E-state index is -3.07. The molecule has 31 heavy (non-hydrogen) atoms. The lowest BCUT2D eigenvalue weighted by atomic mass is 10.1. The van der Waals surface area contributed by atoms with Crippen molar-refractivity contribution in [1.29, 1.82) is 0 Å². The van der Waals surface area contributed by atoms with Gasteiger partial charge >= 0.3 is 0 Å². The molecule has 1 aliphatic carbocycles. The maximum absolute atomic E-state index is 13.3. The number of pyridine rings is 1. The van der Waals surface area contributed by atoms with Crippen LogP contribution in [0.2, 0.25) is 5.02 Å². The summed E-state index contributed by atoms with van der Waals surface area (Å²) in [5, 5.41) is 8.91. The normalized spacial score (nSPS) is 20.3. The number of rotatable bonds is 4. The van der Waals surface area contributed by atoms with Crippen molar-refractivity contribution in [1.82, 2.24) is 14.8 Å². The standard InChI is InChI=1S/C22H23ClN4O3S/c1-12-9-15(23)5-6-18(12)25-22(28)17-10-19(14-3-4-14)24-21-20(17)13(2)26-27(21)16-7-8-31(29,30)11-16/h5-6,9-10,14,16H,3-4,7-8,11H2,1-2H3,(H,25,28)/t16-/m0/s1. The maximum Gasteiger partial charge on any atom is 0.256 e. The Hall–Kier alpha value is -2.45. The van der Waals surface area contributed by atoms with Crippen LogP contribution in [0, 0.1) is 13.8 Å². The molecule has 1 saturated carbocycles. The van der Waals surface area contributed by atoms with E-state index in [0.717, 1.165) is 24.1 Å². The lowest BCUT2D eigenvalue weighted by Gasteiger charge is -2.13. The second-order valence-electron chi connectivity index (χ2n) is 8.57. The summed E-state index contributed by atoms with van der Waals surface area (Å²) in [7, 11) is -3.07. The topological polar surface area (TPSA) is 93.9 Å². The summed E-state index contributed by atoms with van der Waals surface area (Å²) in [5.74, 6) is 0.318. The second kappa shape index (κ2) is 7.31. The van der Waals surface area contributed by atoms with Crippen molar-refractivity contribution >= 4 is 44.1 Å². The number of aromatic nitrogens is 3. The number of aryl methyl sites for hydroxylation is 2. The van der Waals surface area contributed by atoms with Gasteiger partial charge in [-0.25, -0.2) is 18.1 Å². The smallest absolute Gasteiger partial charge is 0.256 e. The number of fused-ring (bicyclic) bond motifs is 1. The molecule has 0 radical (unpaired) electrons. The number of sulfone groups is 1. The number of hydrogen-bond donors (Lipinski definition) is 1. The highest BCUT2D eigenvalue weighted by molar-refractivity contribution is 7.91. The van der Waals surface area contributed by atoms with E-state index < -0.39 is 9.84 Å². The molecule has 1 amide bonds. The van der Waals surface area contributed by atoms with E-state index in [9.17, 15) is 13.2 Å². The SMILES string of the molecule is Cc1cc(Cl)ccc1NC(=O)c1cc(C2CC2)nc2c1c(C)nn2[C@H]1CCS(=O)(=O)C1. The minimum Gasteiger partial charge on any atom is -0.322 e. The van der Waals surface area contributed by atoms with Gasteiger partial charge in [-0.1, -0.05) is 11.6 Å². The average molecular weight is 459 g/mol. The third-order valence-corrected chi connectivity index (χ3v) is 8.07. The molecule has 3 heterocycles. The fourth-order valence-electron chi connectivity index (χ4n) is 4.28. The fraction of sp³-hybridized carbons (Fsp3) is 0.409. The van der Waals surface area contributed by atoms with Gasteiger partial charge in [0.25, 0.3) is 5.91 Å². The van der Waals surface area contributed by atoms with Crippen molar-refractivity contribution in [2.75, 3.05) is 16.8 Å². The van der Waals surface area contributed by atoms with Gasteiger partial charge < -0.3 is 5.32 Å². The van der Waals surface area contributed by atoms with Crippen LogP contribution >= 0.6 is 11.6 Å². The average Bonchev–Trinajstić information content (AvgIpc) is 3.43. The molecule has 0 unspecified atom stereocenters. The molecule has 1 atom stereocenters. The molecule has 0 spiro atoms. The lowest BCUT2D eigenvalue weighted by Crippen LogP contribution is -2.16. The molecule has 9 heteroatoms. The molecular formula is C22H23ClN4O3S. The predicted octanol–water partition coefficient (Wildman–Crippen LogP) is 4.19. The summed E-state index contributed by atoms with van der Waals surface area (Å²) in [6.45, 7) is 3.73. The Morgan fingerprint density at radius 2 is 1.97 bits per heavy atom. The maximum atomic E-state index is 13.3. The first-order chi connectivity index (χ1) is 14.7. The number of carbonyl (C=O) groups excluding carboxylic acids is 1. The number of anilines is 1. The third kappa shape index (κ3) is 3.83. The lowest BCUT2D eigenvalue weighted by molar-refractivity contribution is 0.102. The number of benzene rings is 1. The Bertz CT molecular complexity index is 1330. The first kappa shape index (κ1) is 20.5. The van der Waals surface area contributed by atoms with Crippen molar-refractivity contribution in [2.45, 2.75) is 45.1 Å². The summed E-state index contributed by atoms with van der Waals surface area (Å²) >= 11 is 6.04. The predicted molar refractivity (Wildman–Crippen MR) is 121 cm³/mol.